The molecule has 0 aliphatic carbocycles. The van der Waals surface area contributed by atoms with Crippen LogP contribution in [0.4, 0.5) is 0 Å². The summed E-state index contributed by atoms with van der Waals surface area (Å²) in [4.78, 5) is 58.9. The van der Waals surface area contributed by atoms with Crippen molar-refractivity contribution in [3.63, 3.8) is 0 Å². The highest BCUT2D eigenvalue weighted by molar-refractivity contribution is 6.45. The molecule has 0 aliphatic heterocycles. The molecule has 130 valence electrons. The molecule has 0 aromatic carbocycles. The van der Waals surface area contributed by atoms with Gasteiger partial charge in [0.05, 0.1) is 6.10 Å². The van der Waals surface area contributed by atoms with Gasteiger partial charge >= 0.3 is 0 Å². The monoisotopic (exact) mass is 332 g/mol. The molecule has 9 nitrogen and oxygen atoms in total. The molecule has 0 aromatic rings. The summed E-state index contributed by atoms with van der Waals surface area (Å²) in [7, 11) is 0. The fourth-order valence-electron chi connectivity index (χ4n) is 2.48. The third kappa shape index (κ3) is 2.65. The lowest BCUT2D eigenvalue weighted by Crippen LogP contribution is -2.81. The second-order valence-corrected chi connectivity index (χ2v) is 5.42. The number of rotatable bonds is 8. The smallest absolute Gasteiger partial charge is 0.240 e. The molecular formula is C14H20O9. The minimum absolute atomic E-state index is 0.581. The van der Waals surface area contributed by atoms with Gasteiger partial charge < -0.3 is 20.4 Å². The molecule has 0 amide bonds. The zero-order valence-corrected chi connectivity index (χ0v) is 13.4. The lowest BCUT2D eigenvalue weighted by Gasteiger charge is -2.48. The number of hydrogen-bond acceptors (Lipinski definition) is 9. The van der Waals surface area contributed by atoms with Crippen LogP contribution in [0.5, 0.6) is 0 Å². The van der Waals surface area contributed by atoms with Crippen molar-refractivity contribution in [2.75, 3.05) is 0 Å². The summed E-state index contributed by atoms with van der Waals surface area (Å²) in [5.74, 6) is -7.83. The molecule has 0 saturated heterocycles. The Balaban J connectivity index is 7.05. The number of carbonyl (C=O) groups excluding carboxylic acids is 5. The van der Waals surface area contributed by atoms with Crippen LogP contribution in [-0.2, 0) is 24.0 Å². The maximum Gasteiger partial charge on any atom is 0.240 e. The third-order valence-electron chi connectivity index (χ3n) is 3.88. The molecule has 0 spiro atoms. The molecule has 0 rings (SSSR count). The van der Waals surface area contributed by atoms with Gasteiger partial charge in [0.25, 0.3) is 0 Å². The summed E-state index contributed by atoms with van der Waals surface area (Å²) in [5.41, 5.74) is -10.9. The molecule has 4 N–H and O–H groups in total. The summed E-state index contributed by atoms with van der Waals surface area (Å²) >= 11 is 0. The van der Waals surface area contributed by atoms with Gasteiger partial charge in [-0.1, -0.05) is 0 Å². The van der Waals surface area contributed by atoms with Gasteiger partial charge in [-0.2, -0.15) is 0 Å². The summed E-state index contributed by atoms with van der Waals surface area (Å²) in [5, 5.41) is 41.2. The van der Waals surface area contributed by atoms with Crippen molar-refractivity contribution >= 4 is 28.9 Å². The van der Waals surface area contributed by atoms with Crippen LogP contribution < -0.4 is 0 Å². The van der Waals surface area contributed by atoms with Crippen molar-refractivity contribution in [1.82, 2.24) is 0 Å². The van der Waals surface area contributed by atoms with Crippen LogP contribution >= 0.6 is 0 Å². The van der Waals surface area contributed by atoms with Gasteiger partial charge in [0, 0.05) is 6.92 Å². The maximum atomic E-state index is 12.0. The van der Waals surface area contributed by atoms with Crippen LogP contribution in [0.2, 0.25) is 0 Å². The molecular weight excluding hydrogens is 312 g/mol. The first-order valence-corrected chi connectivity index (χ1v) is 6.57. The molecule has 0 fully saturated rings. The lowest BCUT2D eigenvalue weighted by atomic mass is 9.61. The Morgan fingerprint density at radius 1 is 0.783 bits per heavy atom. The van der Waals surface area contributed by atoms with E-state index in [1.54, 1.807) is 0 Å². The van der Waals surface area contributed by atoms with Gasteiger partial charge in [-0.3, -0.25) is 24.0 Å². The number of ketones is 5. The minimum atomic E-state index is -3.77. The number of Topliss-reactive ketones (excluding diaryl/α,β-unsaturated/α-hetero) is 5. The zero-order chi connectivity index (χ0) is 19.0. The van der Waals surface area contributed by atoms with Gasteiger partial charge in [0.1, 0.15) is 0 Å². The second kappa shape index (κ2) is 6.36. The van der Waals surface area contributed by atoms with Crippen molar-refractivity contribution in [2.45, 2.75) is 57.5 Å². The van der Waals surface area contributed by atoms with Crippen molar-refractivity contribution in [1.29, 1.82) is 0 Å². The predicted octanol–water partition coefficient (Wildman–Crippen LogP) is -2.51. The van der Waals surface area contributed by atoms with Gasteiger partial charge in [0.15, 0.2) is 28.7 Å². The van der Waals surface area contributed by atoms with E-state index in [0.717, 1.165) is 6.92 Å². The summed E-state index contributed by atoms with van der Waals surface area (Å²) in [6.45, 7) is 3.29. The SMILES string of the molecule is CC(=O)C(=O)[C@](O)(C(C)=O)[C@@](O)(C(C)=O)[C@@](O)(C(C)=O)[C@H](C)O. The minimum Gasteiger partial charge on any atom is -0.390 e. The van der Waals surface area contributed by atoms with E-state index < -0.39 is 51.8 Å². The maximum absolute atomic E-state index is 12.0. The average molecular weight is 332 g/mol. The topological polar surface area (TPSA) is 166 Å². The zero-order valence-electron chi connectivity index (χ0n) is 13.4. The summed E-state index contributed by atoms with van der Waals surface area (Å²) in [6.07, 6.45) is -2.17. The summed E-state index contributed by atoms with van der Waals surface area (Å²) in [6, 6.07) is 0. The first-order valence-electron chi connectivity index (χ1n) is 6.57. The molecule has 0 heterocycles. The average Bonchev–Trinajstić information content (AvgIpc) is 2.42. The number of carbonyl (C=O) groups is 5. The van der Waals surface area contributed by atoms with Crippen molar-refractivity contribution < 1.29 is 44.4 Å². The molecule has 23 heavy (non-hydrogen) atoms. The van der Waals surface area contributed by atoms with E-state index in [2.05, 4.69) is 0 Å². The number of aliphatic hydroxyl groups is 4. The van der Waals surface area contributed by atoms with Gasteiger partial charge in [-0.05, 0) is 27.7 Å². The van der Waals surface area contributed by atoms with Gasteiger partial charge in [-0.25, -0.2) is 0 Å². The van der Waals surface area contributed by atoms with Crippen molar-refractivity contribution in [3.8, 4) is 0 Å². The third-order valence-corrected chi connectivity index (χ3v) is 3.88. The fraction of sp³-hybridized carbons (Fsp3) is 0.643. The molecule has 0 aliphatic rings. The molecule has 4 atom stereocenters. The Morgan fingerprint density at radius 3 is 1.35 bits per heavy atom. The highest BCUT2D eigenvalue weighted by Gasteiger charge is 2.74. The normalized spacial score (nSPS) is 20.4. The first kappa shape index (κ1) is 21.2. The fourth-order valence-corrected chi connectivity index (χ4v) is 2.48. The first-order chi connectivity index (χ1) is 10.1. The molecule has 0 unspecified atom stereocenters. The number of hydrogen-bond donors (Lipinski definition) is 4. The van der Waals surface area contributed by atoms with E-state index in [1.807, 2.05) is 0 Å². The van der Waals surface area contributed by atoms with Gasteiger partial charge in [-0.15, -0.1) is 0 Å². The highest BCUT2D eigenvalue weighted by Crippen LogP contribution is 2.39. The Labute approximate surface area is 131 Å². The molecule has 0 radical (unpaired) electrons. The molecule has 0 saturated carbocycles. The van der Waals surface area contributed by atoms with Crippen molar-refractivity contribution in [3.05, 3.63) is 0 Å². The predicted molar refractivity (Wildman–Crippen MR) is 74.3 cm³/mol. The van der Waals surface area contributed by atoms with E-state index in [9.17, 15) is 44.4 Å². The quantitative estimate of drug-likeness (QED) is 0.277. The Bertz CT molecular complexity index is 579. The van der Waals surface area contributed by atoms with Crippen LogP contribution in [0.25, 0.3) is 0 Å². The van der Waals surface area contributed by atoms with Crippen LogP contribution in [0, 0.1) is 0 Å². The standard InChI is InChI=1S/C14H20O9/c1-6(15)11(20)13(22,9(4)18)14(23,10(5)19)12(21,7(2)16)8(3)17/h7,16,21-23H,1-5H3/t7-,12-,13+,14+/m0/s1. The van der Waals surface area contributed by atoms with Gasteiger partial charge in [0.2, 0.25) is 17.0 Å². The molecule has 0 bridgehead atoms. The Kier molecular flexibility index (Phi) is 5.86. The lowest BCUT2D eigenvalue weighted by molar-refractivity contribution is -0.241. The Hall–Kier alpha value is -1.81. The van der Waals surface area contributed by atoms with E-state index in [1.165, 1.54) is 0 Å². The van der Waals surface area contributed by atoms with E-state index >= 15 is 0 Å². The van der Waals surface area contributed by atoms with E-state index in [-0.39, 0.29) is 0 Å². The highest BCUT2D eigenvalue weighted by atomic mass is 16.4. The summed E-state index contributed by atoms with van der Waals surface area (Å²) < 4.78 is 0. The Morgan fingerprint density at radius 2 is 1.17 bits per heavy atom. The van der Waals surface area contributed by atoms with Crippen LogP contribution in [0.15, 0.2) is 0 Å². The van der Waals surface area contributed by atoms with Crippen LogP contribution in [0.3, 0.4) is 0 Å². The molecule has 0 aromatic heterocycles. The van der Waals surface area contributed by atoms with Crippen LogP contribution in [-0.4, -0.2) is 72.2 Å². The molecule has 9 heteroatoms. The van der Waals surface area contributed by atoms with E-state index in [0.29, 0.717) is 27.7 Å². The van der Waals surface area contributed by atoms with E-state index in [4.69, 9.17) is 0 Å². The largest absolute Gasteiger partial charge is 0.390 e. The number of aliphatic hydroxyl groups excluding tert-OH is 1. The van der Waals surface area contributed by atoms with Crippen molar-refractivity contribution in [2.24, 2.45) is 0 Å². The second-order valence-electron chi connectivity index (χ2n) is 5.42. The van der Waals surface area contributed by atoms with Crippen LogP contribution in [0.1, 0.15) is 34.6 Å².